The molecule has 0 atom stereocenters. The summed E-state index contributed by atoms with van der Waals surface area (Å²) in [6.07, 6.45) is 0. The van der Waals surface area contributed by atoms with E-state index in [9.17, 15) is 9.59 Å². The Kier molecular flexibility index (Phi) is 5.14. The van der Waals surface area contributed by atoms with E-state index in [-0.39, 0.29) is 18.4 Å². The number of para-hydroxylation sites is 1. The maximum atomic E-state index is 11.8. The van der Waals surface area contributed by atoms with Gasteiger partial charge in [0.2, 0.25) is 11.8 Å². The largest absolute Gasteiger partial charge is 0.376 e. The van der Waals surface area contributed by atoms with Crippen LogP contribution in [0.2, 0.25) is 0 Å². The zero-order chi connectivity index (χ0) is 15.9. The molecule has 0 radical (unpaired) electrons. The van der Waals surface area contributed by atoms with Gasteiger partial charge in [0.05, 0.1) is 6.54 Å². The van der Waals surface area contributed by atoms with Crippen molar-refractivity contribution in [2.24, 2.45) is 0 Å². The van der Waals surface area contributed by atoms with E-state index < -0.39 is 0 Å². The molecule has 22 heavy (non-hydrogen) atoms. The van der Waals surface area contributed by atoms with Gasteiger partial charge in [-0.3, -0.25) is 9.59 Å². The van der Waals surface area contributed by atoms with Gasteiger partial charge in [-0.1, -0.05) is 18.2 Å². The SMILES string of the molecule is CC(=O)N(C)c1ccc(NCC(=O)Nc2ccccc2)cc1. The van der Waals surface area contributed by atoms with Gasteiger partial charge in [-0.2, -0.15) is 0 Å². The molecule has 0 fully saturated rings. The lowest BCUT2D eigenvalue weighted by Gasteiger charge is -2.15. The summed E-state index contributed by atoms with van der Waals surface area (Å²) in [6.45, 7) is 1.69. The van der Waals surface area contributed by atoms with Crippen molar-refractivity contribution in [1.82, 2.24) is 0 Å². The molecule has 0 unspecified atom stereocenters. The Hall–Kier alpha value is -2.82. The van der Waals surface area contributed by atoms with Crippen LogP contribution in [0.1, 0.15) is 6.92 Å². The van der Waals surface area contributed by atoms with Crippen molar-refractivity contribution in [2.45, 2.75) is 6.92 Å². The van der Waals surface area contributed by atoms with E-state index in [1.807, 2.05) is 54.6 Å². The molecule has 2 N–H and O–H groups in total. The smallest absolute Gasteiger partial charge is 0.243 e. The summed E-state index contributed by atoms with van der Waals surface area (Å²) in [7, 11) is 1.72. The minimum atomic E-state index is -0.115. The zero-order valence-corrected chi connectivity index (χ0v) is 12.7. The van der Waals surface area contributed by atoms with Crippen LogP contribution in [0.4, 0.5) is 17.1 Å². The molecule has 2 rings (SSSR count). The topological polar surface area (TPSA) is 61.4 Å². The fourth-order valence-electron chi connectivity index (χ4n) is 1.89. The highest BCUT2D eigenvalue weighted by Gasteiger charge is 2.05. The lowest BCUT2D eigenvalue weighted by Crippen LogP contribution is -2.23. The summed E-state index contributed by atoms with van der Waals surface area (Å²) in [6, 6.07) is 16.6. The minimum absolute atomic E-state index is 0.0250. The molecule has 2 aromatic rings. The number of hydrogen-bond donors (Lipinski definition) is 2. The number of rotatable bonds is 5. The van der Waals surface area contributed by atoms with E-state index in [2.05, 4.69) is 10.6 Å². The molecular formula is C17H19N3O2. The number of carbonyl (C=O) groups excluding carboxylic acids is 2. The van der Waals surface area contributed by atoms with E-state index >= 15 is 0 Å². The monoisotopic (exact) mass is 297 g/mol. The third-order valence-electron chi connectivity index (χ3n) is 3.24. The highest BCUT2D eigenvalue weighted by molar-refractivity contribution is 5.94. The van der Waals surface area contributed by atoms with Gasteiger partial charge >= 0.3 is 0 Å². The normalized spacial score (nSPS) is 9.91. The number of carbonyl (C=O) groups is 2. The first-order valence-electron chi connectivity index (χ1n) is 6.99. The highest BCUT2D eigenvalue weighted by atomic mass is 16.2. The number of benzene rings is 2. The average molecular weight is 297 g/mol. The van der Waals surface area contributed by atoms with Gasteiger partial charge in [-0.05, 0) is 36.4 Å². The lowest BCUT2D eigenvalue weighted by molar-refractivity contribution is -0.116. The molecule has 0 spiro atoms. The molecule has 114 valence electrons. The van der Waals surface area contributed by atoms with Crippen LogP contribution in [0.5, 0.6) is 0 Å². The van der Waals surface area contributed by atoms with Gasteiger partial charge in [-0.15, -0.1) is 0 Å². The number of amides is 2. The van der Waals surface area contributed by atoms with Crippen molar-refractivity contribution in [2.75, 3.05) is 29.1 Å². The van der Waals surface area contributed by atoms with Crippen LogP contribution >= 0.6 is 0 Å². The highest BCUT2D eigenvalue weighted by Crippen LogP contribution is 2.16. The third-order valence-corrected chi connectivity index (χ3v) is 3.24. The molecule has 5 nitrogen and oxygen atoms in total. The maximum Gasteiger partial charge on any atom is 0.243 e. The first-order chi connectivity index (χ1) is 10.6. The number of nitrogens with one attached hydrogen (secondary N) is 2. The van der Waals surface area contributed by atoms with E-state index in [1.165, 1.54) is 6.92 Å². The van der Waals surface area contributed by atoms with E-state index in [1.54, 1.807) is 11.9 Å². The van der Waals surface area contributed by atoms with Crippen molar-refractivity contribution in [1.29, 1.82) is 0 Å². The Labute approximate surface area is 129 Å². The van der Waals surface area contributed by atoms with Crippen LogP contribution in [0, 0.1) is 0 Å². The van der Waals surface area contributed by atoms with Crippen molar-refractivity contribution < 1.29 is 9.59 Å². The second-order valence-corrected chi connectivity index (χ2v) is 4.89. The van der Waals surface area contributed by atoms with E-state index in [4.69, 9.17) is 0 Å². The molecular weight excluding hydrogens is 278 g/mol. The standard InChI is InChI=1S/C17H19N3O2/c1-13(21)20(2)16-10-8-14(9-11-16)18-12-17(22)19-15-6-4-3-5-7-15/h3-11,18H,12H2,1-2H3,(H,19,22). The molecule has 0 aliphatic carbocycles. The third kappa shape index (κ3) is 4.34. The van der Waals surface area contributed by atoms with Gasteiger partial charge in [0.15, 0.2) is 0 Å². The first-order valence-corrected chi connectivity index (χ1v) is 6.99. The van der Waals surface area contributed by atoms with Crippen molar-refractivity contribution >= 4 is 28.9 Å². The molecule has 0 bridgehead atoms. The zero-order valence-electron chi connectivity index (χ0n) is 12.7. The molecule has 5 heteroatoms. The van der Waals surface area contributed by atoms with Crippen molar-refractivity contribution in [3.63, 3.8) is 0 Å². The maximum absolute atomic E-state index is 11.8. The fourth-order valence-corrected chi connectivity index (χ4v) is 1.89. The summed E-state index contributed by atoms with van der Waals surface area (Å²) in [4.78, 5) is 24.7. The Balaban J connectivity index is 1.86. The predicted octanol–water partition coefficient (Wildman–Crippen LogP) is 2.72. The Morgan fingerprint density at radius 1 is 0.955 bits per heavy atom. The van der Waals surface area contributed by atoms with Gasteiger partial charge < -0.3 is 15.5 Å². The molecule has 2 amide bonds. The van der Waals surface area contributed by atoms with Gasteiger partial charge in [0.25, 0.3) is 0 Å². The quantitative estimate of drug-likeness (QED) is 0.892. The Morgan fingerprint density at radius 2 is 1.59 bits per heavy atom. The van der Waals surface area contributed by atoms with E-state index in [0.717, 1.165) is 17.1 Å². The molecule has 2 aromatic carbocycles. The van der Waals surface area contributed by atoms with Gasteiger partial charge in [0.1, 0.15) is 0 Å². The molecule has 0 saturated carbocycles. The molecule has 0 aliphatic heterocycles. The lowest BCUT2D eigenvalue weighted by atomic mass is 10.2. The van der Waals surface area contributed by atoms with Crippen LogP contribution in [-0.2, 0) is 9.59 Å². The van der Waals surface area contributed by atoms with E-state index in [0.29, 0.717) is 0 Å². The molecule has 0 saturated heterocycles. The van der Waals surface area contributed by atoms with Gasteiger partial charge in [0, 0.05) is 31.0 Å². The summed E-state index contributed by atoms with van der Waals surface area (Å²) in [5.74, 6) is -0.140. The van der Waals surface area contributed by atoms with Crippen LogP contribution in [0.15, 0.2) is 54.6 Å². The Bertz CT molecular complexity index is 639. The minimum Gasteiger partial charge on any atom is -0.376 e. The summed E-state index contributed by atoms with van der Waals surface area (Å²) in [5.41, 5.74) is 2.41. The molecule has 0 aromatic heterocycles. The Morgan fingerprint density at radius 3 is 2.18 bits per heavy atom. The molecule has 0 aliphatic rings. The van der Waals surface area contributed by atoms with Crippen LogP contribution in [0.3, 0.4) is 0 Å². The summed E-state index contributed by atoms with van der Waals surface area (Å²) < 4.78 is 0. The number of anilines is 3. The fraction of sp³-hybridized carbons (Fsp3) is 0.176. The van der Waals surface area contributed by atoms with Crippen LogP contribution in [0.25, 0.3) is 0 Å². The number of hydrogen-bond acceptors (Lipinski definition) is 3. The number of nitrogens with zero attached hydrogens (tertiary/aromatic N) is 1. The summed E-state index contributed by atoms with van der Waals surface area (Å²) in [5, 5.41) is 5.85. The average Bonchev–Trinajstić information content (AvgIpc) is 2.53. The first kappa shape index (κ1) is 15.6. The predicted molar refractivity (Wildman–Crippen MR) is 89.1 cm³/mol. The van der Waals surface area contributed by atoms with Crippen LogP contribution in [-0.4, -0.2) is 25.4 Å². The second-order valence-electron chi connectivity index (χ2n) is 4.89. The van der Waals surface area contributed by atoms with Crippen molar-refractivity contribution in [3.05, 3.63) is 54.6 Å². The second kappa shape index (κ2) is 7.26. The summed E-state index contributed by atoms with van der Waals surface area (Å²) >= 11 is 0. The molecule has 0 heterocycles. The van der Waals surface area contributed by atoms with Crippen molar-refractivity contribution in [3.8, 4) is 0 Å². The van der Waals surface area contributed by atoms with Crippen LogP contribution < -0.4 is 15.5 Å². The van der Waals surface area contributed by atoms with Gasteiger partial charge in [-0.25, -0.2) is 0 Å².